The Morgan fingerprint density at radius 3 is 1.81 bits per heavy atom. The maximum Gasteiger partial charge on any atom is 0.261 e. The predicted octanol–water partition coefficient (Wildman–Crippen LogP) is 4.43. The quantitative estimate of drug-likeness (QED) is 0.713. The van der Waals surface area contributed by atoms with Crippen LogP contribution in [0.25, 0.3) is 0 Å². The zero-order chi connectivity index (χ0) is 20.1. The second-order valence-electron chi connectivity index (χ2n) is 8.12. The van der Waals surface area contributed by atoms with Gasteiger partial charge in [0, 0.05) is 12.0 Å². The number of aliphatic hydroxyl groups excluding tert-OH is 1. The largest absolute Gasteiger partial charge is 0.404 e. The molecule has 0 aliphatic carbocycles. The summed E-state index contributed by atoms with van der Waals surface area (Å²) >= 11 is 0. The molecule has 2 atom stereocenters. The van der Waals surface area contributed by atoms with E-state index in [0.29, 0.717) is 0 Å². The molecule has 0 amide bonds. The molecule has 2 aromatic rings. The fourth-order valence-electron chi connectivity index (χ4n) is 3.55. The van der Waals surface area contributed by atoms with Crippen LogP contribution < -0.4 is 10.4 Å². The molecule has 2 rings (SSSR count). The van der Waals surface area contributed by atoms with E-state index in [1.165, 1.54) is 16.4 Å². The predicted molar refractivity (Wildman–Crippen MR) is 114 cm³/mol. The van der Waals surface area contributed by atoms with Gasteiger partial charge in [0.1, 0.15) is 5.83 Å². The minimum absolute atomic E-state index is 0.122. The average molecular weight is 387 g/mol. The van der Waals surface area contributed by atoms with Gasteiger partial charge in [-0.1, -0.05) is 88.4 Å². The van der Waals surface area contributed by atoms with Crippen LogP contribution >= 0.6 is 0 Å². The molecular formula is C23H31FO2Si. The van der Waals surface area contributed by atoms with Gasteiger partial charge in [-0.05, 0) is 28.4 Å². The highest BCUT2D eigenvalue weighted by Gasteiger charge is 2.51. The third-order valence-electron chi connectivity index (χ3n) is 5.11. The third kappa shape index (κ3) is 4.75. The third-order valence-corrected chi connectivity index (χ3v) is 10.2. The average Bonchev–Trinajstić information content (AvgIpc) is 2.66. The number of hydrogen-bond acceptors (Lipinski definition) is 2. The second-order valence-corrected chi connectivity index (χ2v) is 12.4. The molecule has 0 saturated carbocycles. The van der Waals surface area contributed by atoms with Crippen LogP contribution in [-0.4, -0.2) is 26.1 Å². The van der Waals surface area contributed by atoms with Crippen molar-refractivity contribution in [3.8, 4) is 0 Å². The monoisotopic (exact) mass is 386 g/mol. The summed E-state index contributed by atoms with van der Waals surface area (Å²) in [5.41, 5.74) is 0. The summed E-state index contributed by atoms with van der Waals surface area (Å²) in [4.78, 5) is 0. The van der Waals surface area contributed by atoms with Crippen LogP contribution in [0, 0.1) is 5.92 Å². The molecule has 146 valence electrons. The van der Waals surface area contributed by atoms with E-state index in [9.17, 15) is 4.39 Å². The lowest BCUT2D eigenvalue weighted by molar-refractivity contribution is 0.168. The minimum atomic E-state index is -2.65. The molecule has 0 radical (unpaired) electrons. The van der Waals surface area contributed by atoms with Crippen molar-refractivity contribution >= 4 is 18.7 Å². The number of rotatable bonds is 7. The van der Waals surface area contributed by atoms with Crippen molar-refractivity contribution in [3.63, 3.8) is 0 Å². The summed E-state index contributed by atoms with van der Waals surface area (Å²) in [6, 6.07) is 20.8. The zero-order valence-electron chi connectivity index (χ0n) is 16.9. The van der Waals surface area contributed by atoms with Crippen LogP contribution in [-0.2, 0) is 4.43 Å². The number of hydrogen-bond donors (Lipinski definition) is 1. The molecule has 0 saturated heterocycles. The maximum atomic E-state index is 13.6. The highest BCUT2D eigenvalue weighted by molar-refractivity contribution is 6.99. The Morgan fingerprint density at radius 1 is 1.00 bits per heavy atom. The molecule has 2 aromatic carbocycles. The zero-order valence-corrected chi connectivity index (χ0v) is 17.9. The summed E-state index contributed by atoms with van der Waals surface area (Å²) in [6.07, 6.45) is 1.26. The molecule has 0 aromatic heterocycles. The lowest BCUT2D eigenvalue weighted by atomic mass is 10.1. The van der Waals surface area contributed by atoms with Gasteiger partial charge >= 0.3 is 0 Å². The Bertz CT molecular complexity index is 698. The standard InChI is InChI=1S/C23H31FO2Si/c1-18(16-20(24)17-25)19(2)26-27(23(3,4)5,21-12-8-6-9-13-21)22-14-10-7-11-15-22/h6-16,18-19,25H,17H2,1-5H3/b20-16+/t18-,19?/m1/s1. The van der Waals surface area contributed by atoms with Crippen molar-refractivity contribution in [2.75, 3.05) is 6.61 Å². The Morgan fingerprint density at radius 2 is 1.44 bits per heavy atom. The van der Waals surface area contributed by atoms with Gasteiger partial charge in [0.05, 0.1) is 6.61 Å². The topological polar surface area (TPSA) is 29.5 Å². The first-order chi connectivity index (χ1) is 12.7. The Labute approximate surface area is 163 Å². The first kappa shape index (κ1) is 21.5. The van der Waals surface area contributed by atoms with E-state index < -0.39 is 20.8 Å². The lowest BCUT2D eigenvalue weighted by Crippen LogP contribution is -2.67. The van der Waals surface area contributed by atoms with E-state index in [2.05, 4.69) is 69.3 Å². The van der Waals surface area contributed by atoms with E-state index in [4.69, 9.17) is 9.53 Å². The van der Waals surface area contributed by atoms with Gasteiger partial charge in [-0.15, -0.1) is 0 Å². The maximum absolute atomic E-state index is 13.6. The molecule has 4 heteroatoms. The van der Waals surface area contributed by atoms with Crippen molar-refractivity contribution in [2.45, 2.75) is 45.8 Å². The lowest BCUT2D eigenvalue weighted by Gasteiger charge is -2.45. The molecule has 27 heavy (non-hydrogen) atoms. The molecule has 1 unspecified atom stereocenters. The molecule has 0 heterocycles. The van der Waals surface area contributed by atoms with Crippen molar-refractivity contribution in [3.05, 3.63) is 72.6 Å². The van der Waals surface area contributed by atoms with Crippen LogP contribution in [0.15, 0.2) is 72.6 Å². The fourth-order valence-corrected chi connectivity index (χ4v) is 8.34. The van der Waals surface area contributed by atoms with E-state index in [0.717, 1.165) is 0 Å². The summed E-state index contributed by atoms with van der Waals surface area (Å²) in [5.74, 6) is -0.667. The molecule has 0 aliphatic heterocycles. The Hall–Kier alpha value is -1.75. The van der Waals surface area contributed by atoms with Gasteiger partial charge in [-0.25, -0.2) is 4.39 Å². The highest BCUT2D eigenvalue weighted by Crippen LogP contribution is 2.38. The minimum Gasteiger partial charge on any atom is -0.404 e. The first-order valence-electron chi connectivity index (χ1n) is 9.48. The molecule has 0 fully saturated rings. The number of halogens is 1. The molecule has 1 N–H and O–H groups in total. The number of benzene rings is 2. The van der Waals surface area contributed by atoms with Gasteiger partial charge in [0.15, 0.2) is 0 Å². The van der Waals surface area contributed by atoms with Gasteiger partial charge in [-0.3, -0.25) is 0 Å². The smallest absolute Gasteiger partial charge is 0.261 e. The van der Waals surface area contributed by atoms with Gasteiger partial charge in [0.25, 0.3) is 8.32 Å². The van der Waals surface area contributed by atoms with Gasteiger partial charge in [0.2, 0.25) is 0 Å². The Kier molecular flexibility index (Phi) is 7.15. The fraction of sp³-hybridized carbons (Fsp3) is 0.391. The van der Waals surface area contributed by atoms with Crippen molar-refractivity contribution in [1.82, 2.24) is 0 Å². The van der Waals surface area contributed by atoms with Crippen molar-refractivity contribution < 1.29 is 13.9 Å². The van der Waals surface area contributed by atoms with E-state index in [1.807, 2.05) is 26.0 Å². The number of aliphatic hydroxyl groups is 1. The summed E-state index contributed by atoms with van der Waals surface area (Å²) in [6.45, 7) is 10.0. The summed E-state index contributed by atoms with van der Waals surface area (Å²) < 4.78 is 20.6. The van der Waals surface area contributed by atoms with Crippen LogP contribution in [0.1, 0.15) is 34.6 Å². The van der Waals surface area contributed by atoms with Crippen molar-refractivity contribution in [1.29, 1.82) is 0 Å². The van der Waals surface area contributed by atoms with Crippen molar-refractivity contribution in [2.24, 2.45) is 5.92 Å². The molecule has 0 spiro atoms. The van der Waals surface area contributed by atoms with Crippen LogP contribution in [0.4, 0.5) is 4.39 Å². The van der Waals surface area contributed by atoms with Crippen LogP contribution in [0.3, 0.4) is 0 Å². The molecule has 0 bridgehead atoms. The molecule has 2 nitrogen and oxygen atoms in total. The van der Waals surface area contributed by atoms with E-state index >= 15 is 0 Å². The van der Waals surface area contributed by atoms with Crippen LogP contribution in [0.2, 0.25) is 5.04 Å². The highest BCUT2D eigenvalue weighted by atomic mass is 28.4. The van der Waals surface area contributed by atoms with Gasteiger partial charge < -0.3 is 9.53 Å². The molecule has 0 aliphatic rings. The SMILES string of the molecule is CC(O[Si](c1ccccc1)(c1ccccc1)C(C)(C)C)[C@H](C)/C=C(/F)CO. The van der Waals surface area contributed by atoms with Gasteiger partial charge in [-0.2, -0.15) is 0 Å². The second kappa shape index (κ2) is 8.96. The van der Waals surface area contributed by atoms with E-state index in [1.54, 1.807) is 0 Å². The summed E-state index contributed by atoms with van der Waals surface area (Å²) in [7, 11) is -2.65. The molecular weight excluding hydrogens is 355 g/mol. The summed E-state index contributed by atoms with van der Waals surface area (Å²) in [5, 5.41) is 11.3. The van der Waals surface area contributed by atoms with E-state index in [-0.39, 0.29) is 17.1 Å². The first-order valence-corrected chi connectivity index (χ1v) is 11.4. The Balaban J connectivity index is 2.59. The van der Waals surface area contributed by atoms with Crippen LogP contribution in [0.5, 0.6) is 0 Å². The normalized spacial score (nSPS) is 15.4.